The van der Waals surface area contributed by atoms with Gasteiger partial charge in [-0.05, 0) is 24.3 Å². The van der Waals surface area contributed by atoms with Crippen LogP contribution in [0, 0.1) is 11.7 Å². The molecule has 2 heterocycles. The third-order valence-electron chi connectivity index (χ3n) is 5.85. The van der Waals surface area contributed by atoms with Gasteiger partial charge in [0.15, 0.2) is 0 Å². The van der Waals surface area contributed by atoms with Crippen molar-refractivity contribution in [3.63, 3.8) is 0 Å². The zero-order valence-corrected chi connectivity index (χ0v) is 17.9. The average Bonchev–Trinajstić information content (AvgIpc) is 3.03. The van der Waals surface area contributed by atoms with Crippen LogP contribution >= 0.6 is 0 Å². The Hall–Kier alpha value is -3.46. The number of nitrogens with one attached hydrogen (secondary N) is 2. The maximum atomic E-state index is 13.9. The molecule has 9 heteroatoms. The highest BCUT2D eigenvalue weighted by Gasteiger charge is 2.53. The van der Waals surface area contributed by atoms with E-state index >= 15 is 0 Å². The molecule has 4 rings (SSSR count). The fraction of sp³-hybridized carbons (Fsp3) is 0.348. The first-order valence-electron chi connectivity index (χ1n) is 10.3. The van der Waals surface area contributed by atoms with E-state index in [0.717, 1.165) is 0 Å². The van der Waals surface area contributed by atoms with Crippen LogP contribution in [0.5, 0.6) is 5.75 Å². The lowest BCUT2D eigenvalue weighted by atomic mass is 9.86. The number of carbonyl (C=O) groups excluding carboxylic acids is 3. The van der Waals surface area contributed by atoms with Crippen molar-refractivity contribution in [1.29, 1.82) is 0 Å². The SMILES string of the molecule is CN(C)C(=O)[C@H]1CN(CC(=O)Nc2ccccc2F)C[C@@]12COc1ccccc1C(=O)N2. The molecule has 2 aromatic rings. The lowest BCUT2D eigenvalue weighted by molar-refractivity contribution is -0.134. The molecule has 32 heavy (non-hydrogen) atoms. The van der Waals surface area contributed by atoms with Gasteiger partial charge in [0.05, 0.1) is 29.3 Å². The summed E-state index contributed by atoms with van der Waals surface area (Å²) in [5.41, 5.74) is -0.513. The number of para-hydroxylation sites is 2. The maximum absolute atomic E-state index is 13.9. The van der Waals surface area contributed by atoms with Crippen LogP contribution in [0.1, 0.15) is 10.4 Å². The molecule has 2 aliphatic heterocycles. The van der Waals surface area contributed by atoms with Crippen molar-refractivity contribution in [2.45, 2.75) is 5.54 Å². The smallest absolute Gasteiger partial charge is 0.255 e. The molecule has 1 spiro atoms. The van der Waals surface area contributed by atoms with Crippen molar-refractivity contribution in [2.75, 3.05) is 45.7 Å². The summed E-state index contributed by atoms with van der Waals surface area (Å²) in [4.78, 5) is 41.8. The molecule has 1 fully saturated rings. The summed E-state index contributed by atoms with van der Waals surface area (Å²) in [6.45, 7) is 0.519. The Kier molecular flexibility index (Phi) is 5.84. The highest BCUT2D eigenvalue weighted by molar-refractivity contribution is 5.98. The number of hydrogen-bond acceptors (Lipinski definition) is 5. The first kappa shape index (κ1) is 21.8. The molecule has 2 aromatic carbocycles. The number of carbonyl (C=O) groups is 3. The summed E-state index contributed by atoms with van der Waals surface area (Å²) in [5, 5.41) is 5.57. The highest BCUT2D eigenvalue weighted by Crippen LogP contribution is 2.34. The van der Waals surface area contributed by atoms with Gasteiger partial charge in [-0.25, -0.2) is 4.39 Å². The first-order chi connectivity index (χ1) is 15.3. The molecule has 8 nitrogen and oxygen atoms in total. The number of rotatable bonds is 4. The Bertz CT molecular complexity index is 1060. The van der Waals surface area contributed by atoms with Crippen LogP contribution in [-0.4, -0.2) is 73.4 Å². The normalized spacial score (nSPS) is 22.5. The van der Waals surface area contributed by atoms with Crippen molar-refractivity contribution < 1.29 is 23.5 Å². The maximum Gasteiger partial charge on any atom is 0.255 e. The number of amides is 3. The van der Waals surface area contributed by atoms with Gasteiger partial charge in [0.2, 0.25) is 11.8 Å². The van der Waals surface area contributed by atoms with Gasteiger partial charge >= 0.3 is 0 Å². The summed E-state index contributed by atoms with van der Waals surface area (Å²) in [7, 11) is 3.30. The second kappa shape index (κ2) is 8.58. The number of fused-ring (bicyclic) bond motifs is 1. The summed E-state index contributed by atoms with van der Waals surface area (Å²) >= 11 is 0. The van der Waals surface area contributed by atoms with Gasteiger partial charge in [0.1, 0.15) is 18.2 Å². The van der Waals surface area contributed by atoms with Crippen LogP contribution in [0.3, 0.4) is 0 Å². The van der Waals surface area contributed by atoms with E-state index in [-0.39, 0.29) is 43.7 Å². The van der Waals surface area contributed by atoms with E-state index in [1.807, 2.05) is 0 Å². The number of hydrogen-bond donors (Lipinski definition) is 2. The molecule has 1 saturated heterocycles. The fourth-order valence-corrected chi connectivity index (χ4v) is 4.30. The average molecular weight is 440 g/mol. The Morgan fingerprint density at radius 3 is 2.69 bits per heavy atom. The third kappa shape index (κ3) is 4.16. The Labute approximate surface area is 185 Å². The van der Waals surface area contributed by atoms with Gasteiger partial charge in [-0.1, -0.05) is 24.3 Å². The predicted octanol–water partition coefficient (Wildman–Crippen LogP) is 1.35. The molecular weight excluding hydrogens is 415 g/mol. The summed E-state index contributed by atoms with van der Waals surface area (Å²) in [5.74, 6) is -1.59. The van der Waals surface area contributed by atoms with E-state index in [1.165, 1.54) is 17.0 Å². The van der Waals surface area contributed by atoms with E-state index in [2.05, 4.69) is 10.6 Å². The molecule has 0 aliphatic carbocycles. The molecule has 2 aliphatic rings. The predicted molar refractivity (Wildman–Crippen MR) is 116 cm³/mol. The Morgan fingerprint density at radius 1 is 1.22 bits per heavy atom. The topological polar surface area (TPSA) is 91.0 Å². The van der Waals surface area contributed by atoms with Gasteiger partial charge in [-0.15, -0.1) is 0 Å². The standard InChI is InChI=1S/C23H25FN4O4/c1-27(2)22(31)16-11-28(12-20(29)25-18-9-5-4-8-17(18)24)13-23(16)14-32-19-10-6-3-7-15(19)21(30)26-23/h3-10,16H,11-14H2,1-2H3,(H,25,29)(H,26,30)/t16-,23-/m1/s1. The summed E-state index contributed by atoms with van der Waals surface area (Å²) in [6, 6.07) is 12.8. The zero-order chi connectivity index (χ0) is 22.9. The number of halogens is 1. The number of anilines is 1. The van der Waals surface area contributed by atoms with Gasteiger partial charge < -0.3 is 20.3 Å². The largest absolute Gasteiger partial charge is 0.490 e. The fourth-order valence-electron chi connectivity index (χ4n) is 4.30. The minimum absolute atomic E-state index is 0.0594. The number of nitrogens with zero attached hydrogens (tertiary/aromatic N) is 2. The van der Waals surface area contributed by atoms with Crippen LogP contribution < -0.4 is 15.4 Å². The van der Waals surface area contributed by atoms with Crippen molar-refractivity contribution in [3.05, 3.63) is 59.9 Å². The number of ether oxygens (including phenoxy) is 1. The molecular formula is C23H25FN4O4. The van der Waals surface area contributed by atoms with Crippen LogP contribution in [0.15, 0.2) is 48.5 Å². The molecule has 168 valence electrons. The minimum Gasteiger partial charge on any atom is -0.490 e. The second-order valence-electron chi connectivity index (χ2n) is 8.38. The van der Waals surface area contributed by atoms with Gasteiger partial charge in [-0.2, -0.15) is 0 Å². The van der Waals surface area contributed by atoms with E-state index in [9.17, 15) is 18.8 Å². The molecule has 0 aromatic heterocycles. The van der Waals surface area contributed by atoms with E-state index in [1.54, 1.807) is 55.4 Å². The highest BCUT2D eigenvalue weighted by atomic mass is 19.1. The van der Waals surface area contributed by atoms with E-state index in [0.29, 0.717) is 11.3 Å². The summed E-state index contributed by atoms with van der Waals surface area (Å²) in [6.07, 6.45) is 0. The van der Waals surface area contributed by atoms with Gasteiger partial charge in [-0.3, -0.25) is 19.3 Å². The van der Waals surface area contributed by atoms with Gasteiger partial charge in [0.25, 0.3) is 5.91 Å². The van der Waals surface area contributed by atoms with E-state index in [4.69, 9.17) is 4.74 Å². The number of benzene rings is 2. The number of likely N-dealkylation sites (tertiary alicyclic amines) is 1. The molecule has 3 amide bonds. The third-order valence-corrected chi connectivity index (χ3v) is 5.85. The molecule has 2 N–H and O–H groups in total. The Morgan fingerprint density at radius 2 is 1.94 bits per heavy atom. The quantitative estimate of drug-likeness (QED) is 0.749. The van der Waals surface area contributed by atoms with Crippen molar-refractivity contribution in [3.8, 4) is 5.75 Å². The van der Waals surface area contributed by atoms with Crippen molar-refractivity contribution in [2.24, 2.45) is 5.92 Å². The van der Waals surface area contributed by atoms with Gasteiger partial charge in [0, 0.05) is 27.2 Å². The monoisotopic (exact) mass is 440 g/mol. The zero-order valence-electron chi connectivity index (χ0n) is 17.9. The Balaban J connectivity index is 1.55. The van der Waals surface area contributed by atoms with Crippen LogP contribution in [0.4, 0.5) is 10.1 Å². The summed E-state index contributed by atoms with van der Waals surface area (Å²) < 4.78 is 19.8. The van der Waals surface area contributed by atoms with Crippen LogP contribution in [0.2, 0.25) is 0 Å². The van der Waals surface area contributed by atoms with Crippen molar-refractivity contribution >= 4 is 23.4 Å². The molecule has 0 saturated carbocycles. The molecule has 0 radical (unpaired) electrons. The van der Waals surface area contributed by atoms with Crippen LogP contribution in [0.25, 0.3) is 0 Å². The lowest BCUT2D eigenvalue weighted by Crippen LogP contribution is -2.60. The van der Waals surface area contributed by atoms with Crippen molar-refractivity contribution in [1.82, 2.24) is 15.1 Å². The van der Waals surface area contributed by atoms with Crippen LogP contribution in [-0.2, 0) is 9.59 Å². The molecule has 0 unspecified atom stereocenters. The molecule has 2 atom stereocenters. The minimum atomic E-state index is -1.00. The lowest BCUT2D eigenvalue weighted by Gasteiger charge is -2.34. The van der Waals surface area contributed by atoms with E-state index < -0.39 is 23.2 Å². The first-order valence-corrected chi connectivity index (χ1v) is 10.3. The molecule has 0 bridgehead atoms. The second-order valence-corrected chi connectivity index (χ2v) is 8.38.